The van der Waals surface area contributed by atoms with E-state index in [2.05, 4.69) is 92.4 Å². The van der Waals surface area contributed by atoms with E-state index in [1.807, 2.05) is 55.9 Å². The molecule has 11 heteroatoms. The molecule has 1 aliphatic rings. The number of hydrogen-bond acceptors (Lipinski definition) is 7. The summed E-state index contributed by atoms with van der Waals surface area (Å²) in [5.74, 6) is 1.13. The molecule has 4 aromatic rings. The number of rotatable bonds is 11. The van der Waals surface area contributed by atoms with E-state index in [0.717, 1.165) is 78.3 Å². The van der Waals surface area contributed by atoms with Crippen molar-refractivity contribution in [3.8, 4) is 17.1 Å². The van der Waals surface area contributed by atoms with Crippen molar-refractivity contribution in [3.05, 3.63) is 71.7 Å². The average molecular weight is 802 g/mol. The molecule has 2 atom stereocenters. The molecule has 1 saturated heterocycles. The first-order valence-electron chi connectivity index (χ1n) is 17.1. The Morgan fingerprint density at radius 3 is 2.42 bits per heavy atom. The molecule has 0 radical (unpaired) electrons. The zero-order chi connectivity index (χ0) is 34.9. The second kappa shape index (κ2) is 14.8. The number of ether oxygens (including phenoxy) is 1. The highest BCUT2D eigenvalue weighted by atomic mass is 127. The highest BCUT2D eigenvalue weighted by Crippen LogP contribution is 2.40. The minimum absolute atomic E-state index is 0.123. The van der Waals surface area contributed by atoms with Crippen LogP contribution in [0.4, 0.5) is 0 Å². The Morgan fingerprint density at radius 1 is 1.04 bits per heavy atom. The highest BCUT2D eigenvalue weighted by Gasteiger charge is 2.39. The van der Waals surface area contributed by atoms with Gasteiger partial charge in [0, 0.05) is 35.5 Å². The van der Waals surface area contributed by atoms with Crippen LogP contribution in [0.1, 0.15) is 97.0 Å². The molecule has 0 aliphatic carbocycles. The zero-order valence-electron chi connectivity index (χ0n) is 30.0. The molecule has 8 nitrogen and oxygen atoms in total. The first-order valence-corrected chi connectivity index (χ1v) is 22.2. The predicted octanol–water partition coefficient (Wildman–Crippen LogP) is 9.34. The van der Waals surface area contributed by atoms with Crippen molar-refractivity contribution in [2.24, 2.45) is 0 Å². The maximum atomic E-state index is 13.3. The van der Waals surface area contributed by atoms with Crippen LogP contribution in [-0.4, -0.2) is 50.6 Å². The summed E-state index contributed by atoms with van der Waals surface area (Å²) in [5.41, 5.74) is 5.93. The van der Waals surface area contributed by atoms with E-state index in [9.17, 15) is 4.55 Å². The van der Waals surface area contributed by atoms with Gasteiger partial charge in [-0.1, -0.05) is 46.2 Å². The summed E-state index contributed by atoms with van der Waals surface area (Å²) in [6, 6.07) is 16.7. The van der Waals surface area contributed by atoms with Crippen LogP contribution in [0.5, 0.6) is 0 Å². The van der Waals surface area contributed by atoms with Gasteiger partial charge in [0.05, 0.1) is 35.4 Å². The van der Waals surface area contributed by atoms with Crippen LogP contribution < -0.4 is 4.72 Å². The lowest BCUT2D eigenvalue weighted by molar-refractivity contribution is 0.0856. The smallest absolute Gasteiger partial charge is 0.192 e. The fourth-order valence-electron chi connectivity index (χ4n) is 5.66. The van der Waals surface area contributed by atoms with Crippen molar-refractivity contribution in [1.29, 1.82) is 0 Å². The van der Waals surface area contributed by atoms with E-state index in [-0.39, 0.29) is 5.04 Å². The minimum Gasteiger partial charge on any atom is -0.598 e. The standard InChI is InChI=1S/C37H52IN5O3SSi/c1-10-19-37(38,42-47(44)35(2,3)4)33-15-12-14-31(41-33)27-22-29(26-17-20-45-21-18-26)30-24-39-43(32(30)23-27)34-16-11-13-28(40-34)25-46-48(8,9)36(5,6)7/h11-16,22-24,26,42H,10,17-21,25H2,1-9H3/t37-,47?/m1/s1. The normalized spacial score (nSPS) is 17.1. The van der Waals surface area contributed by atoms with E-state index < -0.39 is 28.0 Å². The van der Waals surface area contributed by atoms with E-state index >= 15 is 0 Å². The van der Waals surface area contributed by atoms with Gasteiger partial charge >= 0.3 is 0 Å². The Bertz CT molecular complexity index is 1710. The van der Waals surface area contributed by atoms with Crippen LogP contribution in [0.3, 0.4) is 0 Å². The Hall–Kier alpha value is -1.87. The molecule has 1 aromatic carbocycles. The number of hydrogen-bond donors (Lipinski definition) is 1. The summed E-state index contributed by atoms with van der Waals surface area (Å²) < 4.78 is 30.0. The molecule has 4 heterocycles. The molecule has 0 spiro atoms. The molecule has 1 fully saturated rings. The maximum absolute atomic E-state index is 13.3. The van der Waals surface area contributed by atoms with Crippen LogP contribution in [0.2, 0.25) is 18.1 Å². The summed E-state index contributed by atoms with van der Waals surface area (Å²) in [7, 11) is -1.93. The largest absolute Gasteiger partial charge is 0.598 e. The second-order valence-electron chi connectivity index (χ2n) is 15.4. The van der Waals surface area contributed by atoms with Crippen LogP contribution in [0, 0.1) is 0 Å². The fourth-order valence-corrected chi connectivity index (χ4v) is 8.85. The number of nitrogens with zero attached hydrogens (tertiary/aromatic N) is 4. The van der Waals surface area contributed by atoms with Crippen LogP contribution >= 0.6 is 22.6 Å². The van der Waals surface area contributed by atoms with Crippen molar-refractivity contribution in [3.63, 3.8) is 0 Å². The van der Waals surface area contributed by atoms with Crippen LogP contribution in [-0.2, 0) is 30.7 Å². The molecular formula is C37H52IN5O3SSi. The summed E-state index contributed by atoms with van der Waals surface area (Å²) >= 11 is 1.16. The fraction of sp³-hybridized carbons (Fsp3) is 0.541. The Labute approximate surface area is 304 Å². The van der Waals surface area contributed by atoms with E-state index in [4.69, 9.17) is 24.2 Å². The first kappa shape index (κ1) is 37.4. The van der Waals surface area contributed by atoms with E-state index in [0.29, 0.717) is 12.5 Å². The molecule has 1 N–H and O–H groups in total. The van der Waals surface area contributed by atoms with Gasteiger partial charge in [0.15, 0.2) is 17.7 Å². The lowest BCUT2D eigenvalue weighted by Crippen LogP contribution is -2.48. The van der Waals surface area contributed by atoms with Gasteiger partial charge in [-0.25, -0.2) is 14.6 Å². The van der Waals surface area contributed by atoms with Crippen molar-refractivity contribution in [2.75, 3.05) is 13.2 Å². The number of fused-ring (bicyclic) bond motifs is 1. The van der Waals surface area contributed by atoms with Crippen molar-refractivity contribution in [2.45, 2.75) is 113 Å². The first-order chi connectivity index (χ1) is 22.5. The molecule has 3 aromatic heterocycles. The number of benzene rings is 1. The summed E-state index contributed by atoms with van der Waals surface area (Å²) in [4.78, 5) is 10.3. The minimum atomic E-state index is -1.93. The maximum Gasteiger partial charge on any atom is 0.192 e. The number of nitrogens with one attached hydrogen (secondary N) is 1. The quantitative estimate of drug-likeness (QED) is 0.0531. The molecule has 5 rings (SSSR count). The molecule has 0 amide bonds. The lowest BCUT2D eigenvalue weighted by Gasteiger charge is -2.36. The van der Waals surface area contributed by atoms with Gasteiger partial charge in [0.2, 0.25) is 0 Å². The van der Waals surface area contributed by atoms with Gasteiger partial charge < -0.3 is 13.7 Å². The van der Waals surface area contributed by atoms with Crippen LogP contribution in [0.15, 0.2) is 54.7 Å². The summed E-state index contributed by atoms with van der Waals surface area (Å²) in [5, 5.41) is 6.16. The third kappa shape index (κ3) is 8.35. The third-order valence-corrected chi connectivity index (χ3v) is 17.5. The van der Waals surface area contributed by atoms with Crippen LogP contribution in [0.25, 0.3) is 28.0 Å². The van der Waals surface area contributed by atoms with E-state index in [1.54, 1.807) is 0 Å². The van der Waals surface area contributed by atoms with Gasteiger partial charge in [0.1, 0.15) is 4.75 Å². The third-order valence-electron chi connectivity index (χ3n) is 9.63. The molecule has 1 unspecified atom stereocenters. The summed E-state index contributed by atoms with van der Waals surface area (Å²) in [6.07, 6.45) is 5.63. The molecule has 0 saturated carbocycles. The van der Waals surface area contributed by atoms with Crippen molar-refractivity contribution >= 4 is 53.2 Å². The van der Waals surface area contributed by atoms with E-state index in [1.165, 1.54) is 5.56 Å². The molecule has 1 aliphatic heterocycles. The molecule has 0 bridgehead atoms. The number of pyridine rings is 2. The predicted molar refractivity (Wildman–Crippen MR) is 209 cm³/mol. The van der Waals surface area contributed by atoms with Gasteiger partial charge in [-0.15, -0.1) is 4.72 Å². The topological polar surface area (TPSA) is 97.1 Å². The molecule has 48 heavy (non-hydrogen) atoms. The SMILES string of the molecule is CCC[C@@](I)(N[S+]([O-])C(C)(C)C)c1cccc(-c2cc(C3CCOCC3)c3cnn(-c4cccc(CO[Si](C)(C)C(C)(C)C)n4)c3c2)n1. The highest BCUT2D eigenvalue weighted by molar-refractivity contribution is 14.1. The Balaban J connectivity index is 1.58. The average Bonchev–Trinajstić information content (AvgIpc) is 3.47. The molecule has 260 valence electrons. The lowest BCUT2D eigenvalue weighted by atomic mass is 9.88. The number of aromatic nitrogens is 4. The number of alkyl halides is 1. The van der Waals surface area contributed by atoms with Gasteiger partial charge in [-0.3, -0.25) is 0 Å². The molecular weight excluding hydrogens is 749 g/mol. The Morgan fingerprint density at radius 2 is 1.75 bits per heavy atom. The van der Waals surface area contributed by atoms with Crippen molar-refractivity contribution < 1.29 is 13.7 Å². The monoisotopic (exact) mass is 801 g/mol. The Kier molecular flexibility index (Phi) is 11.5. The number of halogens is 1. The van der Waals surface area contributed by atoms with Gasteiger partial charge in [-0.05, 0) is 129 Å². The van der Waals surface area contributed by atoms with Gasteiger partial charge in [-0.2, -0.15) is 5.10 Å². The van der Waals surface area contributed by atoms with Crippen molar-refractivity contribution in [1.82, 2.24) is 24.5 Å². The zero-order valence-corrected chi connectivity index (χ0v) is 34.0. The van der Waals surface area contributed by atoms with Gasteiger partial charge in [0.25, 0.3) is 0 Å². The second-order valence-corrected chi connectivity index (χ2v) is 24.0. The summed E-state index contributed by atoms with van der Waals surface area (Å²) in [6.45, 7) is 21.4.